The van der Waals surface area contributed by atoms with Gasteiger partial charge < -0.3 is 9.80 Å². The number of carbonyl (C=O) groups excluding carboxylic acids is 1. The third-order valence-corrected chi connectivity index (χ3v) is 4.29. The smallest absolute Gasteiger partial charge is 0.343 e. The average Bonchev–Trinajstić information content (AvgIpc) is 2.43. The molecular weight excluding hydrogens is 283 g/mol. The van der Waals surface area contributed by atoms with Gasteiger partial charge in [-0.1, -0.05) is 6.92 Å². The van der Waals surface area contributed by atoms with E-state index in [0.29, 0.717) is 24.7 Å². The van der Waals surface area contributed by atoms with Crippen molar-refractivity contribution in [2.75, 3.05) is 23.4 Å². The van der Waals surface area contributed by atoms with Gasteiger partial charge in [0.1, 0.15) is 6.04 Å². The van der Waals surface area contributed by atoms with Crippen LogP contribution in [0.15, 0.2) is 12.3 Å². The van der Waals surface area contributed by atoms with Gasteiger partial charge in [-0.15, -0.1) is 0 Å². The number of anilines is 2. The van der Waals surface area contributed by atoms with E-state index in [1.807, 2.05) is 4.90 Å². The van der Waals surface area contributed by atoms with E-state index in [1.54, 1.807) is 0 Å². The first kappa shape index (κ1) is 14.2. The number of nitrogens with zero attached hydrogens (tertiary/aromatic N) is 3. The Labute approximate surface area is 120 Å². The second-order valence-corrected chi connectivity index (χ2v) is 5.80. The topological polar surface area (TPSA) is 36.4 Å². The van der Waals surface area contributed by atoms with Crippen LogP contribution in [-0.4, -0.2) is 30.5 Å². The van der Waals surface area contributed by atoms with Crippen LogP contribution >= 0.6 is 0 Å². The Bertz CT molecular complexity index is 587. The Morgan fingerprint density at radius 3 is 2.76 bits per heavy atom. The highest BCUT2D eigenvalue weighted by Crippen LogP contribution is 2.41. The third-order valence-electron chi connectivity index (χ3n) is 4.29. The van der Waals surface area contributed by atoms with Crippen LogP contribution in [-0.2, 0) is 11.0 Å². The van der Waals surface area contributed by atoms with Crippen LogP contribution in [0.5, 0.6) is 0 Å². The fourth-order valence-electron chi connectivity index (χ4n) is 3.04. The van der Waals surface area contributed by atoms with Crippen molar-refractivity contribution in [2.24, 2.45) is 5.92 Å². The number of alkyl halides is 3. The molecule has 1 saturated heterocycles. The Kier molecular flexibility index (Phi) is 3.11. The Hall–Kier alpha value is -1.79. The minimum Gasteiger partial charge on any atom is -0.343 e. The lowest BCUT2D eigenvalue weighted by Crippen LogP contribution is -2.55. The average molecular weight is 299 g/mol. The number of amides is 1. The summed E-state index contributed by atoms with van der Waals surface area (Å²) in [6, 6.07) is 0.699. The SMILES string of the molecule is C[C@H]1CCN2c3ncc(C(F)(F)F)cc3N(C)C(=O)[C@@H]2C1. The zero-order valence-electron chi connectivity index (χ0n) is 11.8. The van der Waals surface area contributed by atoms with Gasteiger partial charge >= 0.3 is 6.18 Å². The van der Waals surface area contributed by atoms with Crippen LogP contribution in [0.3, 0.4) is 0 Å². The maximum Gasteiger partial charge on any atom is 0.417 e. The molecule has 2 aliphatic rings. The molecule has 0 unspecified atom stereocenters. The fourth-order valence-corrected chi connectivity index (χ4v) is 3.04. The maximum atomic E-state index is 12.8. The number of carbonyl (C=O) groups is 1. The minimum absolute atomic E-state index is 0.157. The lowest BCUT2D eigenvalue weighted by Gasteiger charge is -2.45. The number of pyridine rings is 1. The van der Waals surface area contributed by atoms with E-state index < -0.39 is 11.7 Å². The van der Waals surface area contributed by atoms with E-state index in [0.717, 1.165) is 18.7 Å². The highest BCUT2D eigenvalue weighted by atomic mass is 19.4. The number of likely N-dealkylation sites (N-methyl/N-ethyl adjacent to an activating group) is 1. The molecule has 1 aromatic heterocycles. The van der Waals surface area contributed by atoms with Crippen molar-refractivity contribution in [1.82, 2.24) is 4.98 Å². The summed E-state index contributed by atoms with van der Waals surface area (Å²) in [5.41, 5.74) is -0.592. The summed E-state index contributed by atoms with van der Waals surface area (Å²) in [6.45, 7) is 2.73. The number of halogens is 3. The normalized spacial score (nSPS) is 25.7. The molecule has 114 valence electrons. The molecule has 1 fully saturated rings. The van der Waals surface area contributed by atoms with Gasteiger partial charge in [-0.2, -0.15) is 13.2 Å². The lowest BCUT2D eigenvalue weighted by molar-refractivity contribution is -0.137. The quantitative estimate of drug-likeness (QED) is 0.739. The molecule has 0 saturated carbocycles. The number of hydrogen-bond acceptors (Lipinski definition) is 3. The fraction of sp³-hybridized carbons (Fsp3) is 0.571. The van der Waals surface area contributed by atoms with Gasteiger partial charge in [-0.05, 0) is 24.8 Å². The van der Waals surface area contributed by atoms with Crippen molar-refractivity contribution in [3.05, 3.63) is 17.8 Å². The first-order valence-corrected chi connectivity index (χ1v) is 6.90. The van der Waals surface area contributed by atoms with Crippen molar-refractivity contribution < 1.29 is 18.0 Å². The largest absolute Gasteiger partial charge is 0.417 e. The van der Waals surface area contributed by atoms with E-state index >= 15 is 0 Å². The van der Waals surface area contributed by atoms with Gasteiger partial charge in [-0.3, -0.25) is 4.79 Å². The number of rotatable bonds is 0. The standard InChI is InChI=1S/C14H16F3N3O/c1-8-3-4-20-11(5-8)13(21)19(2)10-6-9(14(15,16)17)7-18-12(10)20/h6-8,11H,3-5H2,1-2H3/t8-,11-/m0/s1. The van der Waals surface area contributed by atoms with Crippen molar-refractivity contribution in [3.8, 4) is 0 Å². The molecular formula is C14H16F3N3O. The predicted octanol–water partition coefficient (Wildman–Crippen LogP) is 2.68. The third kappa shape index (κ3) is 2.24. The number of piperidine rings is 1. The Morgan fingerprint density at radius 2 is 2.10 bits per heavy atom. The number of hydrogen-bond donors (Lipinski definition) is 0. The molecule has 0 aliphatic carbocycles. The number of aromatic nitrogens is 1. The molecule has 21 heavy (non-hydrogen) atoms. The lowest BCUT2D eigenvalue weighted by atomic mass is 9.90. The molecule has 1 amide bonds. The monoisotopic (exact) mass is 299 g/mol. The van der Waals surface area contributed by atoms with E-state index in [4.69, 9.17) is 0 Å². The molecule has 0 spiro atoms. The summed E-state index contributed by atoms with van der Waals surface area (Å²) >= 11 is 0. The van der Waals surface area contributed by atoms with Crippen molar-refractivity contribution in [3.63, 3.8) is 0 Å². The van der Waals surface area contributed by atoms with Crippen LogP contribution in [0.2, 0.25) is 0 Å². The second-order valence-electron chi connectivity index (χ2n) is 5.80. The Morgan fingerprint density at radius 1 is 1.38 bits per heavy atom. The molecule has 3 rings (SSSR count). The molecule has 0 radical (unpaired) electrons. The summed E-state index contributed by atoms with van der Waals surface area (Å²) in [5.74, 6) is 0.747. The summed E-state index contributed by atoms with van der Waals surface area (Å²) in [4.78, 5) is 19.5. The highest BCUT2D eigenvalue weighted by molar-refractivity contribution is 6.04. The van der Waals surface area contributed by atoms with Gasteiger partial charge in [0, 0.05) is 19.8 Å². The molecule has 0 bridgehead atoms. The van der Waals surface area contributed by atoms with Gasteiger partial charge in [0.15, 0.2) is 5.82 Å². The molecule has 0 aromatic carbocycles. The van der Waals surface area contributed by atoms with Crippen molar-refractivity contribution in [1.29, 1.82) is 0 Å². The summed E-state index contributed by atoms with van der Waals surface area (Å²) in [6.07, 6.45) is -1.99. The molecule has 0 N–H and O–H groups in total. The summed E-state index contributed by atoms with van der Waals surface area (Å²) in [5, 5.41) is 0. The maximum absolute atomic E-state index is 12.8. The van der Waals surface area contributed by atoms with E-state index in [9.17, 15) is 18.0 Å². The van der Waals surface area contributed by atoms with Crippen LogP contribution in [0.4, 0.5) is 24.7 Å². The molecule has 2 atom stereocenters. The van der Waals surface area contributed by atoms with Crippen LogP contribution in [0.25, 0.3) is 0 Å². The van der Waals surface area contributed by atoms with Crippen LogP contribution in [0.1, 0.15) is 25.3 Å². The summed E-state index contributed by atoms with van der Waals surface area (Å²) in [7, 11) is 1.51. The number of fused-ring (bicyclic) bond motifs is 3. The predicted molar refractivity (Wildman–Crippen MR) is 72.2 cm³/mol. The Balaban J connectivity index is 2.07. The van der Waals surface area contributed by atoms with E-state index in [-0.39, 0.29) is 17.6 Å². The second kappa shape index (κ2) is 4.61. The van der Waals surface area contributed by atoms with E-state index in [2.05, 4.69) is 11.9 Å². The zero-order chi connectivity index (χ0) is 15.4. The van der Waals surface area contributed by atoms with Gasteiger partial charge in [-0.25, -0.2) is 4.98 Å². The van der Waals surface area contributed by atoms with Crippen molar-refractivity contribution in [2.45, 2.75) is 32.0 Å². The van der Waals surface area contributed by atoms with Crippen LogP contribution in [0, 0.1) is 5.92 Å². The van der Waals surface area contributed by atoms with Gasteiger partial charge in [0.05, 0.1) is 11.3 Å². The van der Waals surface area contributed by atoms with Gasteiger partial charge in [0.25, 0.3) is 0 Å². The summed E-state index contributed by atoms with van der Waals surface area (Å²) < 4.78 is 38.4. The molecule has 3 heterocycles. The van der Waals surface area contributed by atoms with Gasteiger partial charge in [0.2, 0.25) is 5.91 Å². The highest BCUT2D eigenvalue weighted by Gasteiger charge is 2.42. The van der Waals surface area contributed by atoms with Crippen molar-refractivity contribution >= 4 is 17.4 Å². The molecule has 7 heteroatoms. The molecule has 2 aliphatic heterocycles. The molecule has 1 aromatic rings. The van der Waals surface area contributed by atoms with E-state index in [1.165, 1.54) is 11.9 Å². The van der Waals surface area contributed by atoms with Crippen LogP contribution < -0.4 is 9.80 Å². The minimum atomic E-state index is -4.46. The zero-order valence-corrected chi connectivity index (χ0v) is 11.8. The first-order chi connectivity index (χ1) is 9.79. The first-order valence-electron chi connectivity index (χ1n) is 6.90. The molecule has 4 nitrogen and oxygen atoms in total.